The number of nitrogen functional groups attached to an aromatic ring is 1. The smallest absolute Gasteiger partial charge is 0.252 e. The zero-order valence-electron chi connectivity index (χ0n) is 10.4. The van der Waals surface area contributed by atoms with Crippen LogP contribution in [0, 0.1) is 0 Å². The third kappa shape index (κ3) is 1.97. The molecule has 1 aromatic heterocycles. The molecule has 1 heterocycles. The lowest BCUT2D eigenvalue weighted by atomic mass is 9.98. The molecule has 18 heavy (non-hydrogen) atoms. The minimum Gasteiger partial charge on any atom is -0.444 e. The Morgan fingerprint density at radius 3 is 2.33 bits per heavy atom. The Kier molecular flexibility index (Phi) is 3.10. The molecule has 0 radical (unpaired) electrons. The lowest BCUT2D eigenvalue weighted by Gasteiger charge is -2.04. The van der Waals surface area contributed by atoms with Crippen LogP contribution in [0.5, 0.6) is 0 Å². The molecule has 0 unspecified atom stereocenters. The van der Waals surface area contributed by atoms with Crippen molar-refractivity contribution in [1.29, 1.82) is 0 Å². The molecule has 4 N–H and O–H groups in total. The lowest BCUT2D eigenvalue weighted by Crippen LogP contribution is -2.14. The number of hydrogen-bond donors (Lipinski definition) is 2. The van der Waals surface area contributed by atoms with E-state index in [4.69, 9.17) is 15.9 Å². The molecule has 1 amide bonds. The highest BCUT2D eigenvalue weighted by molar-refractivity contribution is 6.03. The predicted octanol–water partition coefficient (Wildman–Crippen LogP) is 2.75. The monoisotopic (exact) mass is 244 g/mol. The highest BCUT2D eigenvalue weighted by Gasteiger charge is 2.25. The van der Waals surface area contributed by atoms with E-state index in [1.165, 1.54) is 0 Å². The third-order valence-corrected chi connectivity index (χ3v) is 2.80. The van der Waals surface area contributed by atoms with Crippen molar-refractivity contribution < 1.29 is 9.21 Å². The maximum absolute atomic E-state index is 11.6. The molecule has 4 nitrogen and oxygen atoms in total. The van der Waals surface area contributed by atoms with Gasteiger partial charge in [0.25, 0.3) is 5.91 Å². The fraction of sp³-hybridized carbons (Fsp3) is 0.214. The number of anilines is 1. The minimum atomic E-state index is -0.516. The van der Waals surface area contributed by atoms with Gasteiger partial charge in [-0.2, -0.15) is 0 Å². The van der Waals surface area contributed by atoms with Crippen LogP contribution in [0.25, 0.3) is 11.1 Å². The van der Waals surface area contributed by atoms with Gasteiger partial charge in [-0.3, -0.25) is 4.79 Å². The molecule has 0 fully saturated rings. The van der Waals surface area contributed by atoms with Crippen LogP contribution in [-0.4, -0.2) is 5.91 Å². The van der Waals surface area contributed by atoms with E-state index in [2.05, 4.69) is 0 Å². The molecule has 2 aromatic rings. The van der Waals surface area contributed by atoms with E-state index in [-0.39, 0.29) is 11.8 Å². The van der Waals surface area contributed by atoms with Gasteiger partial charge in [-0.25, -0.2) is 0 Å². The average Bonchev–Trinajstić information content (AvgIpc) is 2.68. The van der Waals surface area contributed by atoms with Crippen LogP contribution in [-0.2, 0) is 0 Å². The van der Waals surface area contributed by atoms with E-state index >= 15 is 0 Å². The van der Waals surface area contributed by atoms with E-state index in [9.17, 15) is 4.79 Å². The second-order valence-corrected chi connectivity index (χ2v) is 4.47. The number of carbonyl (C=O) groups is 1. The number of amides is 1. The van der Waals surface area contributed by atoms with E-state index in [0.717, 1.165) is 5.56 Å². The summed E-state index contributed by atoms with van der Waals surface area (Å²) in [4.78, 5) is 11.6. The van der Waals surface area contributed by atoms with Crippen molar-refractivity contribution in [2.75, 3.05) is 5.73 Å². The Bertz CT molecular complexity index is 571. The van der Waals surface area contributed by atoms with Crippen LogP contribution < -0.4 is 11.5 Å². The van der Waals surface area contributed by atoms with Crippen molar-refractivity contribution in [2.45, 2.75) is 19.8 Å². The summed E-state index contributed by atoms with van der Waals surface area (Å²) in [7, 11) is 0. The van der Waals surface area contributed by atoms with Crippen molar-refractivity contribution in [2.24, 2.45) is 5.73 Å². The van der Waals surface area contributed by atoms with Crippen LogP contribution >= 0.6 is 0 Å². The summed E-state index contributed by atoms with van der Waals surface area (Å²) in [5.74, 6) is 0.308. The Balaban J connectivity index is 2.71. The molecule has 0 aliphatic rings. The molecule has 0 aliphatic carbocycles. The van der Waals surface area contributed by atoms with Crippen LogP contribution in [0.3, 0.4) is 0 Å². The summed E-state index contributed by atoms with van der Waals surface area (Å²) in [5, 5.41) is 0. The maximum Gasteiger partial charge on any atom is 0.252 e. The molecule has 2 rings (SSSR count). The third-order valence-electron chi connectivity index (χ3n) is 2.80. The van der Waals surface area contributed by atoms with Crippen LogP contribution in [0.15, 0.2) is 34.7 Å². The standard InChI is InChI=1S/C14H16N2O2/c1-8(2)12-11(13(15)17)10(14(16)18-12)9-6-4-3-5-7-9/h3-8H,16H2,1-2H3,(H2,15,17). The summed E-state index contributed by atoms with van der Waals surface area (Å²) in [6, 6.07) is 9.39. The number of rotatable bonds is 3. The summed E-state index contributed by atoms with van der Waals surface area (Å²) in [5.41, 5.74) is 13.1. The molecule has 0 bridgehead atoms. The van der Waals surface area contributed by atoms with Gasteiger partial charge in [0.15, 0.2) is 5.88 Å². The van der Waals surface area contributed by atoms with Gasteiger partial charge in [-0.05, 0) is 5.56 Å². The van der Waals surface area contributed by atoms with Crippen LogP contribution in [0.4, 0.5) is 5.88 Å². The zero-order valence-corrected chi connectivity index (χ0v) is 10.4. The number of benzene rings is 1. The van der Waals surface area contributed by atoms with Gasteiger partial charge in [0.2, 0.25) is 0 Å². The maximum atomic E-state index is 11.6. The molecule has 0 saturated heterocycles. The van der Waals surface area contributed by atoms with Crippen molar-refractivity contribution >= 4 is 11.8 Å². The van der Waals surface area contributed by atoms with E-state index in [1.807, 2.05) is 44.2 Å². The predicted molar refractivity (Wildman–Crippen MR) is 71.2 cm³/mol. The Labute approximate surface area is 106 Å². The Morgan fingerprint density at radius 2 is 1.83 bits per heavy atom. The molecular weight excluding hydrogens is 228 g/mol. The van der Waals surface area contributed by atoms with Gasteiger partial charge >= 0.3 is 0 Å². The number of primary amides is 1. The van der Waals surface area contributed by atoms with Gasteiger partial charge < -0.3 is 15.9 Å². The molecule has 0 spiro atoms. The highest BCUT2D eigenvalue weighted by Crippen LogP contribution is 2.37. The van der Waals surface area contributed by atoms with Crippen molar-refractivity contribution in [1.82, 2.24) is 0 Å². The topological polar surface area (TPSA) is 82.2 Å². The van der Waals surface area contributed by atoms with Crippen molar-refractivity contribution in [3.63, 3.8) is 0 Å². The lowest BCUT2D eigenvalue weighted by molar-refractivity contribution is 0.0998. The first-order valence-corrected chi connectivity index (χ1v) is 5.79. The molecule has 0 saturated carbocycles. The summed E-state index contributed by atoms with van der Waals surface area (Å²) < 4.78 is 5.50. The zero-order chi connectivity index (χ0) is 13.3. The number of furan rings is 1. The van der Waals surface area contributed by atoms with Crippen molar-refractivity contribution in [3.05, 3.63) is 41.7 Å². The Morgan fingerprint density at radius 1 is 1.22 bits per heavy atom. The first-order chi connectivity index (χ1) is 8.52. The first kappa shape index (κ1) is 12.2. The van der Waals surface area contributed by atoms with Gasteiger partial charge in [0.1, 0.15) is 5.76 Å². The molecule has 0 atom stereocenters. The minimum absolute atomic E-state index is 0.0484. The fourth-order valence-corrected chi connectivity index (χ4v) is 2.01. The van der Waals surface area contributed by atoms with E-state index in [0.29, 0.717) is 16.9 Å². The molecular formula is C14H16N2O2. The van der Waals surface area contributed by atoms with Gasteiger partial charge in [-0.15, -0.1) is 0 Å². The molecule has 0 aliphatic heterocycles. The molecule has 1 aromatic carbocycles. The van der Waals surface area contributed by atoms with Gasteiger partial charge in [0, 0.05) is 5.92 Å². The number of carbonyl (C=O) groups excluding carboxylic acids is 1. The number of nitrogens with two attached hydrogens (primary N) is 2. The Hall–Kier alpha value is -2.23. The highest BCUT2D eigenvalue weighted by atomic mass is 16.4. The second-order valence-electron chi connectivity index (χ2n) is 4.47. The number of hydrogen-bond acceptors (Lipinski definition) is 3. The summed E-state index contributed by atoms with van der Waals surface area (Å²) in [6.45, 7) is 3.86. The van der Waals surface area contributed by atoms with Gasteiger partial charge in [0.05, 0.1) is 11.1 Å². The van der Waals surface area contributed by atoms with Crippen molar-refractivity contribution in [3.8, 4) is 11.1 Å². The quantitative estimate of drug-likeness (QED) is 0.870. The molecule has 4 heteroatoms. The first-order valence-electron chi connectivity index (χ1n) is 5.79. The normalized spacial score (nSPS) is 10.8. The second kappa shape index (κ2) is 4.56. The largest absolute Gasteiger partial charge is 0.444 e. The fourth-order valence-electron chi connectivity index (χ4n) is 2.01. The van der Waals surface area contributed by atoms with Crippen LogP contribution in [0.2, 0.25) is 0 Å². The van der Waals surface area contributed by atoms with E-state index < -0.39 is 5.91 Å². The summed E-state index contributed by atoms with van der Waals surface area (Å²) >= 11 is 0. The SMILES string of the molecule is CC(C)c1oc(N)c(-c2ccccc2)c1C(N)=O. The van der Waals surface area contributed by atoms with E-state index in [1.54, 1.807) is 0 Å². The molecule has 94 valence electrons. The summed E-state index contributed by atoms with van der Waals surface area (Å²) in [6.07, 6.45) is 0. The van der Waals surface area contributed by atoms with Gasteiger partial charge in [-0.1, -0.05) is 44.2 Å². The van der Waals surface area contributed by atoms with Crippen LogP contribution in [0.1, 0.15) is 35.9 Å². The average molecular weight is 244 g/mol.